The average molecular weight is 395 g/mol. The molecule has 0 aromatic heterocycles. The van der Waals surface area contributed by atoms with Crippen LogP contribution < -0.4 is 10.0 Å². The summed E-state index contributed by atoms with van der Waals surface area (Å²) in [6, 6.07) is 15.0. The molecule has 0 spiro atoms. The van der Waals surface area contributed by atoms with E-state index in [1.165, 1.54) is 6.07 Å². The molecular weight excluding hydrogens is 372 g/mol. The number of nitrogens with one attached hydrogen (secondary N) is 2. The Labute approximate surface area is 160 Å². The van der Waals surface area contributed by atoms with Crippen molar-refractivity contribution in [3.8, 4) is 0 Å². The summed E-state index contributed by atoms with van der Waals surface area (Å²) >= 11 is 0. The minimum atomic E-state index is -3.79. The van der Waals surface area contributed by atoms with Crippen LogP contribution in [0, 0.1) is 0 Å². The van der Waals surface area contributed by atoms with Crippen molar-refractivity contribution < 1.29 is 13.2 Å². The zero-order valence-electron chi connectivity index (χ0n) is 14.5. The predicted molar refractivity (Wildman–Crippen MR) is 104 cm³/mol. The molecule has 2 aromatic rings. The van der Waals surface area contributed by atoms with Crippen molar-refractivity contribution in [2.45, 2.75) is 36.7 Å². The van der Waals surface area contributed by atoms with Gasteiger partial charge in [0.2, 0.25) is 10.0 Å². The summed E-state index contributed by atoms with van der Waals surface area (Å²) in [5, 5.41) is 3.28. The summed E-state index contributed by atoms with van der Waals surface area (Å²) in [6.07, 6.45) is 1.70. The third kappa shape index (κ3) is 4.51. The molecule has 26 heavy (non-hydrogen) atoms. The Bertz CT molecular complexity index is 856. The van der Waals surface area contributed by atoms with Crippen LogP contribution in [0.3, 0.4) is 0 Å². The number of carbonyl (C=O) groups is 1. The van der Waals surface area contributed by atoms with Crippen LogP contribution in [-0.4, -0.2) is 32.8 Å². The minimum absolute atomic E-state index is 0. The molecule has 0 bridgehead atoms. The van der Waals surface area contributed by atoms with Crippen molar-refractivity contribution in [1.82, 2.24) is 10.0 Å². The summed E-state index contributed by atoms with van der Waals surface area (Å²) in [7, 11) is -3.79. The smallest absolute Gasteiger partial charge is 0.241 e. The van der Waals surface area contributed by atoms with Gasteiger partial charge in [0, 0.05) is 23.2 Å². The highest BCUT2D eigenvalue weighted by Gasteiger charge is 2.29. The first-order chi connectivity index (χ1) is 12.0. The number of rotatable bonds is 5. The Morgan fingerprint density at radius 2 is 1.73 bits per heavy atom. The summed E-state index contributed by atoms with van der Waals surface area (Å²) in [6.45, 7) is 2.86. The van der Waals surface area contributed by atoms with Gasteiger partial charge in [0.05, 0.1) is 4.90 Å². The Morgan fingerprint density at radius 1 is 1.08 bits per heavy atom. The predicted octanol–water partition coefficient (Wildman–Crippen LogP) is 2.76. The molecule has 2 atom stereocenters. The molecule has 2 unspecified atom stereocenters. The normalized spacial score (nSPS) is 20.2. The maximum Gasteiger partial charge on any atom is 0.241 e. The molecule has 7 heteroatoms. The maximum atomic E-state index is 12.9. The summed E-state index contributed by atoms with van der Waals surface area (Å²) in [4.78, 5) is 12.8. The summed E-state index contributed by atoms with van der Waals surface area (Å²) < 4.78 is 28.6. The largest absolute Gasteiger partial charge is 0.313 e. The molecule has 0 saturated carbocycles. The maximum absolute atomic E-state index is 12.9. The molecule has 2 aromatic carbocycles. The van der Waals surface area contributed by atoms with E-state index < -0.39 is 10.0 Å². The second-order valence-corrected chi connectivity index (χ2v) is 7.99. The minimum Gasteiger partial charge on any atom is -0.313 e. The lowest BCUT2D eigenvalue weighted by molar-refractivity contribution is 0.103. The number of hydrogen-bond donors (Lipinski definition) is 2. The first kappa shape index (κ1) is 20.6. The van der Waals surface area contributed by atoms with Gasteiger partial charge in [-0.3, -0.25) is 4.79 Å². The van der Waals surface area contributed by atoms with E-state index in [0.29, 0.717) is 5.56 Å². The highest BCUT2D eigenvalue weighted by Crippen LogP contribution is 2.21. The van der Waals surface area contributed by atoms with E-state index in [9.17, 15) is 13.2 Å². The SMILES string of the molecule is CC1NCCCC1NS(=O)(=O)c1ccccc1C(=O)c1ccccc1.Cl. The van der Waals surface area contributed by atoms with E-state index in [2.05, 4.69) is 10.0 Å². The van der Waals surface area contributed by atoms with E-state index in [-0.39, 0.29) is 40.7 Å². The molecule has 140 valence electrons. The van der Waals surface area contributed by atoms with Gasteiger partial charge in [-0.2, -0.15) is 0 Å². The number of piperidine rings is 1. The molecule has 1 heterocycles. The molecule has 5 nitrogen and oxygen atoms in total. The fourth-order valence-electron chi connectivity index (χ4n) is 3.10. The highest BCUT2D eigenvalue weighted by atomic mass is 35.5. The second kappa shape index (κ2) is 8.77. The molecule has 3 rings (SSSR count). The van der Waals surface area contributed by atoms with Crippen LogP contribution in [0.4, 0.5) is 0 Å². The number of ketones is 1. The molecule has 0 radical (unpaired) electrons. The van der Waals surface area contributed by atoms with Crippen LogP contribution >= 0.6 is 12.4 Å². The number of benzene rings is 2. The first-order valence-electron chi connectivity index (χ1n) is 8.43. The van der Waals surface area contributed by atoms with E-state index >= 15 is 0 Å². The van der Waals surface area contributed by atoms with Crippen LogP contribution in [0.15, 0.2) is 59.5 Å². The zero-order chi connectivity index (χ0) is 17.9. The quantitative estimate of drug-likeness (QED) is 0.764. The topological polar surface area (TPSA) is 75.3 Å². The van der Waals surface area contributed by atoms with Gasteiger partial charge >= 0.3 is 0 Å². The van der Waals surface area contributed by atoms with Gasteiger partial charge in [-0.25, -0.2) is 13.1 Å². The monoisotopic (exact) mass is 394 g/mol. The summed E-state index contributed by atoms with van der Waals surface area (Å²) in [5.41, 5.74) is 0.662. The molecule has 1 aliphatic rings. The van der Waals surface area contributed by atoms with Crippen LogP contribution in [-0.2, 0) is 10.0 Å². The van der Waals surface area contributed by atoms with E-state index in [1.807, 2.05) is 13.0 Å². The van der Waals surface area contributed by atoms with Crippen LogP contribution in [0.2, 0.25) is 0 Å². The van der Waals surface area contributed by atoms with Crippen LogP contribution in [0.1, 0.15) is 35.7 Å². The lowest BCUT2D eigenvalue weighted by Crippen LogP contribution is -2.51. The number of sulfonamides is 1. The van der Waals surface area contributed by atoms with Gasteiger partial charge in [-0.1, -0.05) is 42.5 Å². The van der Waals surface area contributed by atoms with E-state index in [1.54, 1.807) is 42.5 Å². The zero-order valence-corrected chi connectivity index (χ0v) is 16.1. The highest BCUT2D eigenvalue weighted by molar-refractivity contribution is 7.89. The Balaban J connectivity index is 0.00000243. The van der Waals surface area contributed by atoms with Gasteiger partial charge in [0.1, 0.15) is 0 Å². The number of hydrogen-bond acceptors (Lipinski definition) is 4. The van der Waals surface area contributed by atoms with Crippen LogP contribution in [0.25, 0.3) is 0 Å². The second-order valence-electron chi connectivity index (χ2n) is 6.30. The third-order valence-corrected chi connectivity index (χ3v) is 6.07. The average Bonchev–Trinajstić information content (AvgIpc) is 2.64. The van der Waals surface area contributed by atoms with Crippen molar-refractivity contribution in [2.75, 3.05) is 6.54 Å². The fraction of sp³-hybridized carbons (Fsp3) is 0.316. The lowest BCUT2D eigenvalue weighted by Gasteiger charge is -2.30. The van der Waals surface area contributed by atoms with Gasteiger partial charge in [0.25, 0.3) is 0 Å². The molecule has 0 amide bonds. The molecule has 1 aliphatic heterocycles. The van der Waals surface area contributed by atoms with Gasteiger partial charge in [-0.05, 0) is 38.4 Å². The molecule has 0 aliphatic carbocycles. The van der Waals surface area contributed by atoms with E-state index in [0.717, 1.165) is 19.4 Å². The lowest BCUT2D eigenvalue weighted by atomic mass is 10.0. The summed E-state index contributed by atoms with van der Waals surface area (Å²) in [5.74, 6) is -0.295. The molecule has 1 saturated heterocycles. The van der Waals surface area contributed by atoms with Crippen molar-refractivity contribution >= 4 is 28.2 Å². The number of halogens is 1. The van der Waals surface area contributed by atoms with E-state index in [4.69, 9.17) is 0 Å². The van der Waals surface area contributed by atoms with Gasteiger partial charge < -0.3 is 5.32 Å². The van der Waals surface area contributed by atoms with Crippen LogP contribution in [0.5, 0.6) is 0 Å². The van der Waals surface area contributed by atoms with Gasteiger partial charge in [0.15, 0.2) is 5.78 Å². The Hall–Kier alpha value is -1.73. The standard InChI is InChI=1S/C19H22N2O3S.ClH/c1-14-17(11-7-13-20-14)21-25(23,24)18-12-6-5-10-16(18)19(22)15-8-3-2-4-9-15;/h2-6,8-10,12,14,17,20-21H,7,11,13H2,1H3;1H. The Kier molecular flexibility index (Phi) is 6.94. The molecule has 2 N–H and O–H groups in total. The first-order valence-corrected chi connectivity index (χ1v) is 9.92. The fourth-order valence-corrected chi connectivity index (χ4v) is 4.66. The molecule has 1 fully saturated rings. The number of carbonyl (C=O) groups excluding carboxylic acids is 1. The van der Waals surface area contributed by atoms with Crippen molar-refractivity contribution in [1.29, 1.82) is 0 Å². The van der Waals surface area contributed by atoms with Crippen molar-refractivity contribution in [3.63, 3.8) is 0 Å². The van der Waals surface area contributed by atoms with Gasteiger partial charge in [-0.15, -0.1) is 12.4 Å². The Morgan fingerprint density at radius 3 is 2.42 bits per heavy atom. The van der Waals surface area contributed by atoms with Crippen molar-refractivity contribution in [3.05, 3.63) is 65.7 Å². The molecular formula is C19H23ClN2O3S. The van der Waals surface area contributed by atoms with Crippen molar-refractivity contribution in [2.24, 2.45) is 0 Å². The third-order valence-electron chi connectivity index (χ3n) is 4.53.